The third-order valence-electron chi connectivity index (χ3n) is 5.42. The van der Waals surface area contributed by atoms with Gasteiger partial charge in [0.15, 0.2) is 6.39 Å². The average molecular weight is 392 g/mol. The number of hydrogen-bond acceptors (Lipinski definition) is 6. The molecule has 0 N–H and O–H groups in total. The van der Waals surface area contributed by atoms with Crippen molar-refractivity contribution in [2.45, 2.75) is 38.6 Å². The number of methoxy groups -OCH3 is 1. The standard InChI is InChI=1S/C19H28N4O5/c1-14(2)12-23-18(26)22(7-4-10-27-3)17(25)19(23)5-8-21(9-6-19)16(24)15-11-20-13-28-15/h11,13-14H,4-10,12H2,1-3H3. The Balaban J connectivity index is 1.76. The highest BCUT2D eigenvalue weighted by Crippen LogP contribution is 2.38. The van der Waals surface area contributed by atoms with Crippen LogP contribution in [0.1, 0.15) is 43.7 Å². The summed E-state index contributed by atoms with van der Waals surface area (Å²) in [7, 11) is 1.60. The number of likely N-dealkylation sites (tertiary alicyclic amines) is 1. The van der Waals surface area contributed by atoms with E-state index in [1.165, 1.54) is 17.5 Å². The van der Waals surface area contributed by atoms with Crippen LogP contribution in [0.15, 0.2) is 17.0 Å². The first-order valence-corrected chi connectivity index (χ1v) is 9.71. The van der Waals surface area contributed by atoms with Crippen LogP contribution in [0.25, 0.3) is 0 Å². The lowest BCUT2D eigenvalue weighted by Crippen LogP contribution is -2.58. The molecule has 4 amide bonds. The highest BCUT2D eigenvalue weighted by atomic mass is 16.5. The maximum atomic E-state index is 13.3. The largest absolute Gasteiger partial charge is 0.438 e. The number of ether oxygens (including phenoxy) is 1. The van der Waals surface area contributed by atoms with Crippen molar-refractivity contribution in [3.05, 3.63) is 18.4 Å². The lowest BCUT2D eigenvalue weighted by atomic mass is 9.85. The van der Waals surface area contributed by atoms with Gasteiger partial charge in [0, 0.05) is 39.9 Å². The Hall–Kier alpha value is -2.42. The topological polar surface area (TPSA) is 96.2 Å². The minimum Gasteiger partial charge on any atom is -0.438 e. The molecule has 9 heteroatoms. The van der Waals surface area contributed by atoms with Crippen molar-refractivity contribution >= 4 is 17.8 Å². The summed E-state index contributed by atoms with van der Waals surface area (Å²) in [5, 5.41) is 0. The van der Waals surface area contributed by atoms with Gasteiger partial charge in [0.2, 0.25) is 5.76 Å². The number of oxazole rings is 1. The van der Waals surface area contributed by atoms with E-state index in [0.717, 1.165) is 0 Å². The van der Waals surface area contributed by atoms with E-state index in [0.29, 0.717) is 52.0 Å². The van der Waals surface area contributed by atoms with E-state index < -0.39 is 5.54 Å². The summed E-state index contributed by atoms with van der Waals surface area (Å²) < 4.78 is 10.2. The monoisotopic (exact) mass is 392 g/mol. The Labute approximate surface area is 164 Å². The van der Waals surface area contributed by atoms with Crippen molar-refractivity contribution in [3.63, 3.8) is 0 Å². The molecule has 3 rings (SSSR count). The maximum absolute atomic E-state index is 13.3. The van der Waals surface area contributed by atoms with Crippen LogP contribution in [0.4, 0.5) is 4.79 Å². The van der Waals surface area contributed by atoms with Gasteiger partial charge in [-0.05, 0) is 25.2 Å². The molecule has 1 spiro atoms. The second kappa shape index (κ2) is 8.30. The van der Waals surface area contributed by atoms with Crippen LogP contribution in [-0.2, 0) is 9.53 Å². The Kier molecular flexibility index (Phi) is 6.02. The number of carbonyl (C=O) groups is 3. The van der Waals surface area contributed by atoms with Crippen molar-refractivity contribution in [1.29, 1.82) is 0 Å². The molecular formula is C19H28N4O5. The van der Waals surface area contributed by atoms with Crippen LogP contribution in [-0.4, -0.2) is 83.0 Å². The third kappa shape index (κ3) is 3.63. The van der Waals surface area contributed by atoms with Crippen LogP contribution in [0.5, 0.6) is 0 Å². The zero-order valence-corrected chi connectivity index (χ0v) is 16.7. The van der Waals surface area contributed by atoms with Gasteiger partial charge in [-0.25, -0.2) is 9.78 Å². The van der Waals surface area contributed by atoms with Crippen molar-refractivity contribution in [2.75, 3.05) is 39.9 Å². The highest BCUT2D eigenvalue weighted by molar-refractivity contribution is 6.07. The van der Waals surface area contributed by atoms with E-state index in [-0.39, 0.29) is 29.5 Å². The lowest BCUT2D eigenvalue weighted by molar-refractivity contribution is -0.135. The number of nitrogens with zero attached hydrogens (tertiary/aromatic N) is 4. The van der Waals surface area contributed by atoms with Gasteiger partial charge in [0.1, 0.15) is 5.54 Å². The summed E-state index contributed by atoms with van der Waals surface area (Å²) in [4.78, 5) is 47.3. The van der Waals surface area contributed by atoms with E-state index in [4.69, 9.17) is 9.15 Å². The van der Waals surface area contributed by atoms with Crippen molar-refractivity contribution < 1.29 is 23.5 Å². The molecule has 0 atom stereocenters. The van der Waals surface area contributed by atoms with Crippen LogP contribution in [0.2, 0.25) is 0 Å². The summed E-state index contributed by atoms with van der Waals surface area (Å²) in [5.74, 6) is 0.0314. The van der Waals surface area contributed by atoms with Gasteiger partial charge < -0.3 is 19.0 Å². The lowest BCUT2D eigenvalue weighted by Gasteiger charge is -2.42. The summed E-state index contributed by atoms with van der Waals surface area (Å²) in [5.41, 5.74) is -0.868. The Bertz CT molecular complexity index is 710. The van der Waals surface area contributed by atoms with Crippen LogP contribution < -0.4 is 0 Å². The predicted octanol–water partition coefficient (Wildman–Crippen LogP) is 1.61. The van der Waals surface area contributed by atoms with Gasteiger partial charge in [0.05, 0.1) is 6.20 Å². The number of hydrogen-bond donors (Lipinski definition) is 0. The number of urea groups is 1. The Morgan fingerprint density at radius 3 is 2.61 bits per heavy atom. The molecule has 2 aliphatic rings. The van der Waals surface area contributed by atoms with Gasteiger partial charge >= 0.3 is 6.03 Å². The second-order valence-electron chi connectivity index (χ2n) is 7.78. The smallest absolute Gasteiger partial charge is 0.327 e. The predicted molar refractivity (Wildman–Crippen MR) is 99.5 cm³/mol. The molecule has 2 fully saturated rings. The molecular weight excluding hydrogens is 364 g/mol. The molecule has 28 heavy (non-hydrogen) atoms. The number of piperidine rings is 1. The summed E-state index contributed by atoms with van der Waals surface area (Å²) >= 11 is 0. The fourth-order valence-electron chi connectivity index (χ4n) is 4.01. The van der Waals surface area contributed by atoms with Crippen molar-refractivity contribution in [1.82, 2.24) is 19.7 Å². The van der Waals surface area contributed by atoms with Gasteiger partial charge in [-0.1, -0.05) is 13.8 Å². The zero-order chi connectivity index (χ0) is 20.3. The molecule has 0 bridgehead atoms. The van der Waals surface area contributed by atoms with Crippen LogP contribution in [0.3, 0.4) is 0 Å². The van der Waals surface area contributed by atoms with Crippen molar-refractivity contribution in [3.8, 4) is 0 Å². The molecule has 0 aliphatic carbocycles. The zero-order valence-electron chi connectivity index (χ0n) is 16.7. The molecule has 0 aromatic carbocycles. The molecule has 9 nitrogen and oxygen atoms in total. The number of aromatic nitrogens is 1. The van der Waals surface area contributed by atoms with E-state index in [1.807, 2.05) is 13.8 Å². The van der Waals surface area contributed by atoms with Crippen LogP contribution in [0, 0.1) is 5.92 Å². The first-order chi connectivity index (χ1) is 13.4. The molecule has 0 radical (unpaired) electrons. The molecule has 154 valence electrons. The molecule has 2 aliphatic heterocycles. The number of imide groups is 1. The maximum Gasteiger partial charge on any atom is 0.327 e. The van der Waals surface area contributed by atoms with Gasteiger partial charge in [-0.3, -0.25) is 14.5 Å². The van der Waals surface area contributed by atoms with E-state index >= 15 is 0 Å². The molecule has 0 saturated carbocycles. The minimum absolute atomic E-state index is 0.152. The van der Waals surface area contributed by atoms with E-state index in [2.05, 4.69) is 4.98 Å². The fourth-order valence-corrected chi connectivity index (χ4v) is 4.01. The average Bonchev–Trinajstić information content (AvgIpc) is 3.27. The number of carbonyl (C=O) groups excluding carboxylic acids is 3. The molecule has 1 aromatic rings. The third-order valence-corrected chi connectivity index (χ3v) is 5.42. The normalized spacial score (nSPS) is 19.4. The van der Waals surface area contributed by atoms with Crippen molar-refractivity contribution in [2.24, 2.45) is 5.92 Å². The summed E-state index contributed by atoms with van der Waals surface area (Å²) in [6, 6.07) is -0.232. The minimum atomic E-state index is -0.868. The molecule has 3 heterocycles. The molecule has 0 unspecified atom stereocenters. The Morgan fingerprint density at radius 1 is 1.32 bits per heavy atom. The van der Waals surface area contributed by atoms with Crippen LogP contribution >= 0.6 is 0 Å². The molecule has 1 aromatic heterocycles. The Morgan fingerprint density at radius 2 is 2.04 bits per heavy atom. The van der Waals surface area contributed by atoms with Gasteiger partial charge in [-0.2, -0.15) is 0 Å². The number of amides is 4. The van der Waals surface area contributed by atoms with E-state index in [9.17, 15) is 14.4 Å². The molecule has 2 saturated heterocycles. The first kappa shape index (κ1) is 20.3. The first-order valence-electron chi connectivity index (χ1n) is 9.71. The summed E-state index contributed by atoms with van der Waals surface area (Å²) in [6.07, 6.45) is 4.06. The quantitative estimate of drug-likeness (QED) is 0.517. The summed E-state index contributed by atoms with van der Waals surface area (Å²) in [6.45, 7) is 6.19. The second-order valence-corrected chi connectivity index (χ2v) is 7.78. The van der Waals surface area contributed by atoms with Gasteiger partial charge in [0.25, 0.3) is 11.8 Å². The van der Waals surface area contributed by atoms with Gasteiger partial charge in [-0.15, -0.1) is 0 Å². The fraction of sp³-hybridized carbons (Fsp3) is 0.684. The highest BCUT2D eigenvalue weighted by Gasteiger charge is 2.58. The number of rotatable bonds is 7. The van der Waals surface area contributed by atoms with E-state index in [1.54, 1.807) is 16.9 Å². The SMILES string of the molecule is COCCCN1C(=O)N(CC(C)C)C2(CCN(C(=O)c3cnco3)CC2)C1=O.